The van der Waals surface area contributed by atoms with Crippen molar-refractivity contribution in [3.05, 3.63) is 46.9 Å². The first-order chi connectivity index (χ1) is 10.3. The van der Waals surface area contributed by atoms with Crippen LogP contribution in [0.15, 0.2) is 46.9 Å². The molecule has 4 heteroatoms. The molecule has 0 bridgehead atoms. The molecule has 3 aromatic rings. The highest BCUT2D eigenvalue weighted by atomic mass is 79.9. The van der Waals surface area contributed by atoms with Gasteiger partial charge < -0.3 is 14.0 Å². The summed E-state index contributed by atoms with van der Waals surface area (Å²) < 4.78 is 14.4. The summed E-state index contributed by atoms with van der Waals surface area (Å²) in [6, 6.07) is 14.8. The quantitative estimate of drug-likeness (QED) is 0.610. The second kappa shape index (κ2) is 6.60. The third-order valence-electron chi connectivity index (χ3n) is 3.53. The first-order valence-corrected chi connectivity index (χ1v) is 7.92. The van der Waals surface area contributed by atoms with Crippen molar-refractivity contribution in [2.75, 3.05) is 19.8 Å². The summed E-state index contributed by atoms with van der Waals surface area (Å²) in [6.45, 7) is 4.51. The number of ether oxygens (including phenoxy) is 2. The zero-order valence-corrected chi connectivity index (χ0v) is 13.6. The molecule has 0 radical (unpaired) electrons. The number of aromatic nitrogens is 1. The van der Waals surface area contributed by atoms with E-state index >= 15 is 0 Å². The van der Waals surface area contributed by atoms with Crippen molar-refractivity contribution in [3.63, 3.8) is 0 Å². The van der Waals surface area contributed by atoms with Gasteiger partial charge in [0.15, 0.2) is 0 Å². The molecule has 2 aromatic carbocycles. The minimum Gasteiger partial charge on any atom is -0.379 e. The molecule has 3 nitrogen and oxygen atoms in total. The molecule has 0 aliphatic rings. The van der Waals surface area contributed by atoms with Crippen LogP contribution in [0.3, 0.4) is 0 Å². The monoisotopic (exact) mass is 347 g/mol. The zero-order valence-electron chi connectivity index (χ0n) is 12.0. The number of hydrogen-bond acceptors (Lipinski definition) is 2. The fourth-order valence-electron chi connectivity index (χ4n) is 2.58. The van der Waals surface area contributed by atoms with Crippen LogP contribution in [0, 0.1) is 0 Å². The number of halogens is 1. The number of fused-ring (bicyclic) bond motifs is 3. The molecule has 0 saturated carbocycles. The standard InChI is InChI=1S/C17H18BrNO2/c1-2-20-9-10-21-12-19-16-6-4-3-5-14(16)15-11-13(18)7-8-17(15)19/h3-8,11H,2,9-10,12H2,1H3. The first kappa shape index (κ1) is 14.6. The highest BCUT2D eigenvalue weighted by Crippen LogP contribution is 2.30. The van der Waals surface area contributed by atoms with Gasteiger partial charge in [-0.25, -0.2) is 0 Å². The fraction of sp³-hybridized carbons (Fsp3) is 0.294. The van der Waals surface area contributed by atoms with E-state index in [2.05, 4.69) is 63.0 Å². The molecule has 110 valence electrons. The fourth-order valence-corrected chi connectivity index (χ4v) is 2.94. The number of para-hydroxylation sites is 1. The van der Waals surface area contributed by atoms with Crippen LogP contribution in [0.5, 0.6) is 0 Å². The van der Waals surface area contributed by atoms with E-state index in [9.17, 15) is 0 Å². The summed E-state index contributed by atoms with van der Waals surface area (Å²) in [5, 5.41) is 2.50. The molecule has 1 aromatic heterocycles. The van der Waals surface area contributed by atoms with Crippen molar-refractivity contribution in [3.8, 4) is 0 Å². The van der Waals surface area contributed by atoms with E-state index in [1.54, 1.807) is 0 Å². The Bertz CT molecular complexity index is 751. The largest absolute Gasteiger partial charge is 0.379 e. The van der Waals surface area contributed by atoms with Crippen LogP contribution >= 0.6 is 15.9 Å². The Balaban J connectivity index is 1.95. The molecule has 0 unspecified atom stereocenters. The van der Waals surface area contributed by atoms with E-state index in [1.165, 1.54) is 21.8 Å². The van der Waals surface area contributed by atoms with Crippen molar-refractivity contribution in [2.24, 2.45) is 0 Å². The van der Waals surface area contributed by atoms with E-state index in [0.717, 1.165) is 11.1 Å². The molecule has 1 heterocycles. The van der Waals surface area contributed by atoms with Gasteiger partial charge in [0.1, 0.15) is 6.73 Å². The second-order valence-electron chi connectivity index (χ2n) is 4.84. The maximum absolute atomic E-state index is 5.75. The van der Waals surface area contributed by atoms with Crippen LogP contribution in [0.4, 0.5) is 0 Å². The maximum Gasteiger partial charge on any atom is 0.123 e. The average Bonchev–Trinajstić information content (AvgIpc) is 2.81. The predicted molar refractivity (Wildman–Crippen MR) is 89.6 cm³/mol. The maximum atomic E-state index is 5.75. The summed E-state index contributed by atoms with van der Waals surface area (Å²) >= 11 is 3.55. The Hall–Kier alpha value is -1.36. The van der Waals surface area contributed by atoms with E-state index in [-0.39, 0.29) is 0 Å². The molecule has 0 spiro atoms. The SMILES string of the molecule is CCOCCOCn1c2ccccc2c2cc(Br)ccc21. The van der Waals surface area contributed by atoms with Crippen molar-refractivity contribution in [2.45, 2.75) is 13.7 Å². The molecule has 0 aliphatic carbocycles. The zero-order chi connectivity index (χ0) is 14.7. The van der Waals surface area contributed by atoms with Crippen molar-refractivity contribution in [1.82, 2.24) is 4.57 Å². The lowest BCUT2D eigenvalue weighted by molar-refractivity contribution is 0.0252. The van der Waals surface area contributed by atoms with Crippen LogP contribution in [-0.2, 0) is 16.2 Å². The lowest BCUT2D eigenvalue weighted by Crippen LogP contribution is -2.08. The van der Waals surface area contributed by atoms with Crippen LogP contribution in [-0.4, -0.2) is 24.4 Å². The summed E-state index contributed by atoms with van der Waals surface area (Å²) in [5.74, 6) is 0. The van der Waals surface area contributed by atoms with Gasteiger partial charge in [-0.15, -0.1) is 0 Å². The number of benzene rings is 2. The van der Waals surface area contributed by atoms with Gasteiger partial charge in [-0.2, -0.15) is 0 Å². The Morgan fingerprint density at radius 3 is 2.57 bits per heavy atom. The summed E-state index contributed by atoms with van der Waals surface area (Å²) in [7, 11) is 0. The molecule has 0 atom stereocenters. The van der Waals surface area contributed by atoms with Crippen molar-refractivity contribution >= 4 is 37.7 Å². The Morgan fingerprint density at radius 2 is 1.71 bits per heavy atom. The van der Waals surface area contributed by atoms with E-state index in [1.807, 2.05) is 6.92 Å². The first-order valence-electron chi connectivity index (χ1n) is 7.13. The van der Waals surface area contributed by atoms with Gasteiger partial charge in [0, 0.05) is 21.9 Å². The van der Waals surface area contributed by atoms with Gasteiger partial charge in [-0.1, -0.05) is 34.1 Å². The Labute approximate surface area is 132 Å². The van der Waals surface area contributed by atoms with Crippen LogP contribution in [0.2, 0.25) is 0 Å². The van der Waals surface area contributed by atoms with Gasteiger partial charge in [0.25, 0.3) is 0 Å². The van der Waals surface area contributed by atoms with Gasteiger partial charge >= 0.3 is 0 Å². The van der Waals surface area contributed by atoms with E-state index < -0.39 is 0 Å². The van der Waals surface area contributed by atoms with Crippen molar-refractivity contribution < 1.29 is 9.47 Å². The van der Waals surface area contributed by atoms with E-state index in [4.69, 9.17) is 9.47 Å². The smallest absolute Gasteiger partial charge is 0.123 e. The topological polar surface area (TPSA) is 23.4 Å². The lowest BCUT2D eigenvalue weighted by atomic mass is 10.2. The minimum atomic E-state index is 0.540. The van der Waals surface area contributed by atoms with Crippen LogP contribution in [0.1, 0.15) is 6.92 Å². The summed E-state index contributed by atoms with van der Waals surface area (Å²) in [4.78, 5) is 0. The molecular weight excluding hydrogens is 330 g/mol. The normalized spacial score (nSPS) is 11.5. The average molecular weight is 348 g/mol. The Kier molecular flexibility index (Phi) is 4.58. The molecular formula is C17H18BrNO2. The molecule has 21 heavy (non-hydrogen) atoms. The van der Waals surface area contributed by atoms with Gasteiger partial charge in [0.05, 0.1) is 24.2 Å². The molecule has 3 rings (SSSR count). The van der Waals surface area contributed by atoms with Crippen LogP contribution in [0.25, 0.3) is 21.8 Å². The second-order valence-corrected chi connectivity index (χ2v) is 5.76. The molecule has 0 amide bonds. The lowest BCUT2D eigenvalue weighted by Gasteiger charge is -2.08. The third kappa shape index (κ3) is 2.98. The van der Waals surface area contributed by atoms with Gasteiger partial charge in [0.2, 0.25) is 0 Å². The molecule has 0 fully saturated rings. The predicted octanol–water partition coefficient (Wildman–Crippen LogP) is 4.57. The van der Waals surface area contributed by atoms with Gasteiger partial charge in [-0.05, 0) is 31.2 Å². The number of nitrogens with zero attached hydrogens (tertiary/aromatic N) is 1. The highest BCUT2D eigenvalue weighted by molar-refractivity contribution is 9.10. The van der Waals surface area contributed by atoms with Gasteiger partial charge in [-0.3, -0.25) is 0 Å². The van der Waals surface area contributed by atoms with Crippen LogP contribution < -0.4 is 0 Å². The highest BCUT2D eigenvalue weighted by Gasteiger charge is 2.10. The third-order valence-corrected chi connectivity index (χ3v) is 4.02. The molecule has 0 N–H and O–H groups in total. The summed E-state index contributed by atoms with van der Waals surface area (Å²) in [5.41, 5.74) is 2.39. The minimum absolute atomic E-state index is 0.540. The molecule has 0 saturated heterocycles. The number of rotatable bonds is 6. The van der Waals surface area contributed by atoms with E-state index in [0.29, 0.717) is 19.9 Å². The van der Waals surface area contributed by atoms with Crippen molar-refractivity contribution in [1.29, 1.82) is 0 Å². The summed E-state index contributed by atoms with van der Waals surface area (Å²) in [6.07, 6.45) is 0. The molecule has 0 aliphatic heterocycles. The number of hydrogen-bond donors (Lipinski definition) is 0. The Morgan fingerprint density at radius 1 is 0.952 bits per heavy atom.